The minimum absolute atomic E-state index is 0.252. The van der Waals surface area contributed by atoms with Crippen molar-refractivity contribution in [1.29, 1.82) is 0 Å². The summed E-state index contributed by atoms with van der Waals surface area (Å²) in [5.74, 6) is 0.0179. The maximum atomic E-state index is 11.4. The molecule has 260 valence electrons. The summed E-state index contributed by atoms with van der Waals surface area (Å²) in [6, 6.07) is 14.1. The van der Waals surface area contributed by atoms with Crippen LogP contribution in [0, 0.1) is 19.8 Å². The molecule has 6 aromatic rings. The summed E-state index contributed by atoms with van der Waals surface area (Å²) in [5.41, 5.74) is 9.63. The summed E-state index contributed by atoms with van der Waals surface area (Å²) < 4.78 is 6.24. The molecule has 2 saturated heterocycles. The van der Waals surface area contributed by atoms with Crippen LogP contribution in [0.25, 0.3) is 44.6 Å². The van der Waals surface area contributed by atoms with Crippen molar-refractivity contribution in [3.05, 3.63) is 94.5 Å². The normalized spacial score (nSPS) is 18.3. The Hall–Kier alpha value is -4.94. The van der Waals surface area contributed by atoms with Crippen molar-refractivity contribution in [2.45, 2.75) is 45.9 Å². The average molecular weight is 704 g/mol. The number of fused-ring (bicyclic) bond motifs is 2. The van der Waals surface area contributed by atoms with E-state index in [9.17, 15) is 15.0 Å². The number of rotatable bonds is 9. The molecule has 2 fully saturated rings. The first-order valence-electron chi connectivity index (χ1n) is 17.2. The topological polar surface area (TPSA) is 141 Å². The van der Waals surface area contributed by atoms with Crippen LogP contribution in [0.2, 0.25) is 5.02 Å². The fraction of sp³-hybridized carbons (Fsp3) is 0.308. The molecule has 0 amide bonds. The number of aliphatic carboxylic acids is 1. The maximum Gasteiger partial charge on any atom is 0.307 e. The molecule has 0 spiro atoms. The Kier molecular flexibility index (Phi) is 8.89. The van der Waals surface area contributed by atoms with Crippen molar-refractivity contribution in [1.82, 2.24) is 29.7 Å². The third-order valence-corrected chi connectivity index (χ3v) is 10.4. The number of nitrogens with one attached hydrogen (secondary N) is 1. The Bertz CT molecular complexity index is 2290. The number of hydrogen-bond acceptors (Lipinski definition) is 10. The fourth-order valence-corrected chi connectivity index (χ4v) is 7.66. The highest BCUT2D eigenvalue weighted by atomic mass is 35.5. The Balaban J connectivity index is 1.05. The second kappa shape index (κ2) is 13.6. The van der Waals surface area contributed by atoms with Gasteiger partial charge in [-0.15, -0.1) is 0 Å². The van der Waals surface area contributed by atoms with Gasteiger partial charge in [-0.1, -0.05) is 23.7 Å². The molecule has 0 aliphatic carbocycles. The number of carboxylic acid groups (broad SMARTS) is 1. The summed E-state index contributed by atoms with van der Waals surface area (Å²) in [7, 11) is 0. The lowest BCUT2D eigenvalue weighted by Gasteiger charge is -2.17. The van der Waals surface area contributed by atoms with Crippen LogP contribution >= 0.6 is 11.6 Å². The largest absolute Gasteiger partial charge is 0.481 e. The molecule has 11 nitrogen and oxygen atoms in total. The van der Waals surface area contributed by atoms with Gasteiger partial charge < -0.3 is 19.9 Å². The number of anilines is 2. The van der Waals surface area contributed by atoms with E-state index in [0.29, 0.717) is 53.9 Å². The highest BCUT2D eigenvalue weighted by Gasteiger charge is 2.28. The first-order chi connectivity index (χ1) is 24.7. The lowest BCUT2D eigenvalue weighted by molar-refractivity contribution is -0.141. The monoisotopic (exact) mass is 703 g/mol. The zero-order valence-electron chi connectivity index (χ0n) is 28.4. The van der Waals surface area contributed by atoms with Gasteiger partial charge in [-0.05, 0) is 91.4 Å². The van der Waals surface area contributed by atoms with Gasteiger partial charge in [0.15, 0.2) is 11.4 Å². The van der Waals surface area contributed by atoms with Crippen LogP contribution in [0.3, 0.4) is 0 Å². The van der Waals surface area contributed by atoms with Crippen LogP contribution in [-0.4, -0.2) is 78.2 Å². The molecular weight excluding hydrogens is 666 g/mol. The lowest BCUT2D eigenvalue weighted by atomic mass is 9.95. The Morgan fingerprint density at radius 1 is 0.941 bits per heavy atom. The van der Waals surface area contributed by atoms with Crippen LogP contribution < -0.4 is 5.32 Å². The molecule has 2 atom stereocenters. The van der Waals surface area contributed by atoms with Gasteiger partial charge in [0, 0.05) is 74.1 Å². The van der Waals surface area contributed by atoms with E-state index in [1.54, 1.807) is 12.4 Å². The zero-order chi connectivity index (χ0) is 35.2. The van der Waals surface area contributed by atoms with Crippen molar-refractivity contribution in [2.24, 2.45) is 5.92 Å². The van der Waals surface area contributed by atoms with E-state index in [1.807, 2.05) is 49.6 Å². The standard InChI is InChI=1S/C39H38ClN7O4/c1-22-30(16-41-17-31(22)38-45-34-14-24(13-32(40)36(34)51-38)18-46-10-7-27(20-46)39(49)50)29-4-3-5-33(23(29)2)44-37-35-26(6-9-42-37)12-25(15-43-35)19-47-11-8-28(48)21-47/h3-6,9,12-17,27-28,48H,7-8,10-11,18-21H2,1-2H3,(H,42,44)(H,49,50)/t27-,28-/m1/s1. The minimum Gasteiger partial charge on any atom is -0.481 e. The van der Waals surface area contributed by atoms with Crippen molar-refractivity contribution in [2.75, 3.05) is 31.5 Å². The van der Waals surface area contributed by atoms with E-state index < -0.39 is 5.97 Å². The summed E-state index contributed by atoms with van der Waals surface area (Å²) >= 11 is 6.69. The highest BCUT2D eigenvalue weighted by Crippen LogP contribution is 2.38. The van der Waals surface area contributed by atoms with Crippen molar-refractivity contribution < 1.29 is 19.4 Å². The predicted octanol–water partition coefficient (Wildman–Crippen LogP) is 6.99. The Labute approximate surface area is 299 Å². The zero-order valence-corrected chi connectivity index (χ0v) is 29.2. The van der Waals surface area contributed by atoms with Gasteiger partial charge in [0.1, 0.15) is 11.0 Å². The van der Waals surface area contributed by atoms with Crippen LogP contribution in [0.1, 0.15) is 35.1 Å². The number of β-amino-alcohol motifs (C(OH)–C–C–N with tert-alkyl or cyclic N) is 1. The maximum absolute atomic E-state index is 11.4. The number of likely N-dealkylation sites (tertiary alicyclic amines) is 2. The number of oxazole rings is 1. The van der Waals surface area contributed by atoms with Gasteiger partial charge in [0.25, 0.3) is 0 Å². The number of aliphatic hydroxyl groups is 1. The lowest BCUT2D eigenvalue weighted by Crippen LogP contribution is -2.22. The van der Waals surface area contributed by atoms with Gasteiger partial charge in [-0.25, -0.2) is 9.97 Å². The molecule has 8 rings (SSSR count). The van der Waals surface area contributed by atoms with Crippen LogP contribution in [-0.2, 0) is 17.9 Å². The van der Waals surface area contributed by atoms with E-state index in [2.05, 4.69) is 44.1 Å². The number of aliphatic hydroxyl groups excluding tert-OH is 1. The predicted molar refractivity (Wildman–Crippen MR) is 197 cm³/mol. The Morgan fingerprint density at radius 2 is 1.75 bits per heavy atom. The second-order valence-electron chi connectivity index (χ2n) is 13.7. The molecule has 2 aliphatic heterocycles. The van der Waals surface area contributed by atoms with E-state index in [-0.39, 0.29) is 12.0 Å². The van der Waals surface area contributed by atoms with Gasteiger partial charge >= 0.3 is 5.97 Å². The number of carboxylic acids is 1. The number of hydrogen-bond donors (Lipinski definition) is 3. The van der Waals surface area contributed by atoms with Crippen LogP contribution in [0.4, 0.5) is 11.5 Å². The number of benzene rings is 2. The number of nitrogens with zero attached hydrogens (tertiary/aromatic N) is 6. The SMILES string of the molecule is Cc1c(Nc2nccc3cc(CN4CC[C@@H](O)C4)cnc23)cccc1-c1cncc(-c2nc3cc(CN4CC[C@@H](C(=O)O)C4)cc(Cl)c3o2)c1C. The summed E-state index contributed by atoms with van der Waals surface area (Å²) in [6.07, 6.45) is 8.51. The Morgan fingerprint density at radius 3 is 2.55 bits per heavy atom. The minimum atomic E-state index is -0.749. The van der Waals surface area contributed by atoms with E-state index in [4.69, 9.17) is 26.0 Å². The second-order valence-corrected chi connectivity index (χ2v) is 14.1. The highest BCUT2D eigenvalue weighted by molar-refractivity contribution is 6.34. The quantitative estimate of drug-likeness (QED) is 0.144. The summed E-state index contributed by atoms with van der Waals surface area (Å²) in [5, 5.41) is 24.3. The van der Waals surface area contributed by atoms with Gasteiger partial charge in [-0.3, -0.25) is 24.6 Å². The molecule has 2 aliphatic rings. The first kappa shape index (κ1) is 33.2. The summed E-state index contributed by atoms with van der Waals surface area (Å²) in [4.78, 5) is 34.7. The van der Waals surface area contributed by atoms with Crippen molar-refractivity contribution >= 4 is 51.1 Å². The molecule has 2 aromatic carbocycles. The van der Waals surface area contributed by atoms with Gasteiger partial charge in [-0.2, -0.15) is 0 Å². The number of aromatic nitrogens is 4. The summed E-state index contributed by atoms with van der Waals surface area (Å²) in [6.45, 7) is 8.29. The van der Waals surface area contributed by atoms with Crippen molar-refractivity contribution in [3.63, 3.8) is 0 Å². The van der Waals surface area contributed by atoms with E-state index in [1.165, 1.54) is 0 Å². The molecular formula is C39H38ClN7O4. The molecule has 0 saturated carbocycles. The molecule has 51 heavy (non-hydrogen) atoms. The van der Waals surface area contributed by atoms with Gasteiger partial charge in [0.2, 0.25) is 5.89 Å². The van der Waals surface area contributed by atoms with E-state index in [0.717, 1.165) is 81.6 Å². The molecule has 3 N–H and O–H groups in total. The molecule has 0 radical (unpaired) electrons. The van der Waals surface area contributed by atoms with E-state index >= 15 is 0 Å². The third-order valence-electron chi connectivity index (χ3n) is 10.2. The molecule has 6 heterocycles. The number of carbonyl (C=O) groups is 1. The van der Waals surface area contributed by atoms with Crippen LogP contribution in [0.5, 0.6) is 0 Å². The van der Waals surface area contributed by atoms with Crippen LogP contribution in [0.15, 0.2) is 71.7 Å². The molecule has 4 aromatic heterocycles. The average Bonchev–Trinajstić information content (AvgIpc) is 3.86. The third kappa shape index (κ3) is 6.65. The van der Waals surface area contributed by atoms with Crippen molar-refractivity contribution in [3.8, 4) is 22.6 Å². The first-order valence-corrected chi connectivity index (χ1v) is 17.6. The van der Waals surface area contributed by atoms with Gasteiger partial charge in [0.05, 0.1) is 22.6 Å². The number of pyridine rings is 3. The molecule has 12 heteroatoms. The fourth-order valence-electron chi connectivity index (χ4n) is 7.39. The molecule has 0 bridgehead atoms. The smallest absolute Gasteiger partial charge is 0.307 e. The number of halogens is 1. The molecule has 0 unspecified atom stereocenters.